The lowest BCUT2D eigenvalue weighted by Crippen LogP contribution is -2.43. The van der Waals surface area contributed by atoms with Crippen molar-refractivity contribution in [2.75, 3.05) is 39.4 Å². The molecular weight excluding hydrogens is 543 g/mol. The van der Waals surface area contributed by atoms with Crippen molar-refractivity contribution < 1.29 is 22.3 Å². The summed E-state index contributed by atoms with van der Waals surface area (Å²) < 4.78 is 49.6. The Morgan fingerprint density at radius 3 is 2.56 bits per heavy atom. The fourth-order valence-electron chi connectivity index (χ4n) is 5.88. The second-order valence-electron chi connectivity index (χ2n) is 11.1. The van der Waals surface area contributed by atoms with E-state index >= 15 is 0 Å². The van der Waals surface area contributed by atoms with E-state index in [0.29, 0.717) is 37.6 Å². The Balaban J connectivity index is 1.48. The van der Waals surface area contributed by atoms with Crippen LogP contribution in [0.1, 0.15) is 65.3 Å². The molecule has 5 rings (SSSR count). The highest BCUT2D eigenvalue weighted by Gasteiger charge is 2.31. The van der Waals surface area contributed by atoms with Crippen molar-refractivity contribution in [2.24, 2.45) is 0 Å². The van der Waals surface area contributed by atoms with Crippen LogP contribution in [0.5, 0.6) is 0 Å². The Morgan fingerprint density at radius 1 is 1.07 bits per heavy atom. The van der Waals surface area contributed by atoms with Crippen LogP contribution in [0.25, 0.3) is 0 Å². The fourth-order valence-corrected chi connectivity index (χ4v) is 7.41. The zero-order valence-electron chi connectivity index (χ0n) is 23.7. The van der Waals surface area contributed by atoms with Gasteiger partial charge in [-0.05, 0) is 37.5 Å². The van der Waals surface area contributed by atoms with Gasteiger partial charge in [-0.15, -0.1) is 0 Å². The molecule has 0 bridgehead atoms. The first-order chi connectivity index (χ1) is 19.8. The first kappa shape index (κ1) is 29.4. The molecule has 220 valence electrons. The van der Waals surface area contributed by atoms with Crippen molar-refractivity contribution in [3.8, 4) is 0 Å². The number of benzene rings is 2. The normalized spacial score (nSPS) is 17.0. The van der Waals surface area contributed by atoms with Gasteiger partial charge in [-0.1, -0.05) is 61.2 Å². The molecule has 1 saturated heterocycles. The van der Waals surface area contributed by atoms with Gasteiger partial charge in [0.05, 0.1) is 43.0 Å². The number of aromatic nitrogens is 2. The number of nitrogens with zero attached hydrogens (tertiary/aromatic N) is 4. The SMILES string of the molecule is Cc1cccc(CS(=O)(=O)c2ncc(CN(CCN3CCOCC3)C(=O)c3ccccc3F)n2C2CCCCC2)c1. The lowest BCUT2D eigenvalue weighted by molar-refractivity contribution is 0.0318. The van der Waals surface area contributed by atoms with Gasteiger partial charge in [0.1, 0.15) is 5.82 Å². The van der Waals surface area contributed by atoms with Gasteiger partial charge in [0.2, 0.25) is 15.0 Å². The monoisotopic (exact) mass is 582 g/mol. The van der Waals surface area contributed by atoms with Crippen molar-refractivity contribution in [2.45, 2.75) is 62.5 Å². The third-order valence-electron chi connectivity index (χ3n) is 8.03. The molecule has 2 aromatic carbocycles. The largest absolute Gasteiger partial charge is 0.379 e. The summed E-state index contributed by atoms with van der Waals surface area (Å²) in [5, 5.41) is 0.0485. The maximum absolute atomic E-state index is 14.7. The van der Waals surface area contributed by atoms with Crippen LogP contribution in [0.4, 0.5) is 4.39 Å². The van der Waals surface area contributed by atoms with E-state index in [-0.39, 0.29) is 29.1 Å². The number of hydrogen-bond acceptors (Lipinski definition) is 6. The summed E-state index contributed by atoms with van der Waals surface area (Å²) >= 11 is 0. The molecule has 41 heavy (non-hydrogen) atoms. The summed E-state index contributed by atoms with van der Waals surface area (Å²) in [6.45, 7) is 5.87. The van der Waals surface area contributed by atoms with Crippen molar-refractivity contribution in [1.29, 1.82) is 0 Å². The highest BCUT2D eigenvalue weighted by molar-refractivity contribution is 7.90. The summed E-state index contributed by atoms with van der Waals surface area (Å²) in [6, 6.07) is 13.5. The van der Waals surface area contributed by atoms with Gasteiger partial charge in [-0.25, -0.2) is 17.8 Å². The lowest BCUT2D eigenvalue weighted by atomic mass is 9.95. The van der Waals surface area contributed by atoms with Crippen molar-refractivity contribution in [1.82, 2.24) is 19.4 Å². The van der Waals surface area contributed by atoms with Gasteiger partial charge < -0.3 is 14.2 Å². The molecule has 1 aliphatic carbocycles. The van der Waals surface area contributed by atoms with Crippen LogP contribution in [-0.2, 0) is 26.9 Å². The van der Waals surface area contributed by atoms with Crippen LogP contribution in [0.2, 0.25) is 0 Å². The van der Waals surface area contributed by atoms with E-state index in [4.69, 9.17) is 4.74 Å². The Morgan fingerprint density at radius 2 is 1.83 bits per heavy atom. The summed E-state index contributed by atoms with van der Waals surface area (Å²) in [7, 11) is -3.77. The average Bonchev–Trinajstić information content (AvgIpc) is 3.41. The molecular formula is C31H39FN4O4S. The van der Waals surface area contributed by atoms with Gasteiger partial charge in [0.25, 0.3) is 5.91 Å². The Hall–Kier alpha value is -3.08. The quantitative estimate of drug-likeness (QED) is 0.342. The number of carbonyl (C=O) groups excluding carboxylic acids is 1. The number of amides is 1. The van der Waals surface area contributed by atoms with E-state index in [1.807, 2.05) is 35.8 Å². The molecule has 0 radical (unpaired) electrons. The van der Waals surface area contributed by atoms with Crippen LogP contribution < -0.4 is 0 Å². The Bertz CT molecular complexity index is 1450. The highest BCUT2D eigenvalue weighted by atomic mass is 32.2. The van der Waals surface area contributed by atoms with Gasteiger partial charge in [-0.2, -0.15) is 0 Å². The highest BCUT2D eigenvalue weighted by Crippen LogP contribution is 2.33. The number of sulfone groups is 1. The first-order valence-corrected chi connectivity index (χ1v) is 16.2. The summed E-state index contributed by atoms with van der Waals surface area (Å²) in [5.41, 5.74) is 2.38. The molecule has 2 heterocycles. The van der Waals surface area contributed by atoms with E-state index in [9.17, 15) is 17.6 Å². The molecule has 2 aliphatic rings. The van der Waals surface area contributed by atoms with Crippen LogP contribution in [0.15, 0.2) is 59.9 Å². The van der Waals surface area contributed by atoms with E-state index in [0.717, 1.165) is 50.8 Å². The zero-order valence-corrected chi connectivity index (χ0v) is 24.5. The predicted octanol–water partition coefficient (Wildman–Crippen LogP) is 4.78. The number of rotatable bonds is 10. The summed E-state index contributed by atoms with van der Waals surface area (Å²) in [5.74, 6) is -1.14. The molecule has 0 unspecified atom stereocenters. The minimum atomic E-state index is -3.77. The topological polar surface area (TPSA) is 84.7 Å². The Labute approximate surface area is 242 Å². The third kappa shape index (κ3) is 7.23. The predicted molar refractivity (Wildman–Crippen MR) is 155 cm³/mol. The number of carbonyl (C=O) groups is 1. The van der Waals surface area contributed by atoms with E-state index in [2.05, 4.69) is 9.88 Å². The third-order valence-corrected chi connectivity index (χ3v) is 9.60. The van der Waals surface area contributed by atoms with Crippen molar-refractivity contribution >= 4 is 15.7 Å². The molecule has 1 aromatic heterocycles. The van der Waals surface area contributed by atoms with Crippen molar-refractivity contribution in [3.05, 3.63) is 82.9 Å². The van der Waals surface area contributed by atoms with E-state index in [1.54, 1.807) is 23.2 Å². The molecule has 2 fully saturated rings. The molecule has 8 nitrogen and oxygen atoms in total. The molecule has 3 aromatic rings. The number of ether oxygens (including phenoxy) is 1. The van der Waals surface area contributed by atoms with E-state index in [1.165, 1.54) is 12.1 Å². The zero-order chi connectivity index (χ0) is 28.8. The molecule has 1 aliphatic heterocycles. The molecule has 10 heteroatoms. The van der Waals surface area contributed by atoms with Gasteiger partial charge in [-0.3, -0.25) is 9.69 Å². The van der Waals surface area contributed by atoms with Crippen LogP contribution in [0.3, 0.4) is 0 Å². The second-order valence-corrected chi connectivity index (χ2v) is 13.0. The van der Waals surface area contributed by atoms with Crippen LogP contribution in [0, 0.1) is 12.7 Å². The molecule has 0 atom stereocenters. The summed E-state index contributed by atoms with van der Waals surface area (Å²) in [6.07, 6.45) is 6.43. The maximum atomic E-state index is 14.7. The number of morpholine rings is 1. The number of aryl methyl sites for hydroxylation is 1. The molecule has 0 N–H and O–H groups in total. The number of halogens is 1. The van der Waals surface area contributed by atoms with Gasteiger partial charge in [0.15, 0.2) is 0 Å². The standard InChI is InChI=1S/C31H39FN4O4S/c1-24-8-7-9-25(20-24)23-41(38,39)31-33-21-27(36(31)26-10-3-2-4-11-26)22-35(15-14-34-16-18-40-19-17-34)30(37)28-12-5-6-13-29(28)32/h5-9,12-13,20-21,26H,2-4,10-11,14-19,22-23H2,1H3. The van der Waals surface area contributed by atoms with E-state index < -0.39 is 21.6 Å². The van der Waals surface area contributed by atoms with Gasteiger partial charge in [0, 0.05) is 32.2 Å². The van der Waals surface area contributed by atoms with Gasteiger partial charge >= 0.3 is 0 Å². The van der Waals surface area contributed by atoms with Crippen molar-refractivity contribution in [3.63, 3.8) is 0 Å². The fraction of sp³-hybridized carbons (Fsp3) is 0.484. The smallest absolute Gasteiger partial charge is 0.257 e. The minimum Gasteiger partial charge on any atom is -0.379 e. The molecule has 0 spiro atoms. The Kier molecular flexibility index (Phi) is 9.52. The lowest BCUT2D eigenvalue weighted by Gasteiger charge is -2.31. The summed E-state index contributed by atoms with van der Waals surface area (Å²) in [4.78, 5) is 22.0. The number of hydrogen-bond donors (Lipinski definition) is 0. The number of imidazole rings is 1. The second kappa shape index (κ2) is 13.3. The van der Waals surface area contributed by atoms with Crippen LogP contribution >= 0.6 is 0 Å². The minimum absolute atomic E-state index is 0.00509. The molecule has 1 saturated carbocycles. The maximum Gasteiger partial charge on any atom is 0.257 e. The first-order valence-electron chi connectivity index (χ1n) is 14.5. The average molecular weight is 583 g/mol. The van der Waals surface area contributed by atoms with Crippen LogP contribution in [-0.4, -0.2) is 73.1 Å². The molecule has 1 amide bonds.